The number of carboxylic acids is 1. The van der Waals surface area contributed by atoms with Gasteiger partial charge in [0.1, 0.15) is 11.5 Å². The first-order valence-corrected chi connectivity index (χ1v) is 4.82. The Labute approximate surface area is 89.5 Å². The number of aliphatic carboxylic acids is 1. The van der Waals surface area contributed by atoms with E-state index >= 15 is 0 Å². The summed E-state index contributed by atoms with van der Waals surface area (Å²) in [6.07, 6.45) is 0.0208. The molecule has 1 N–H and O–H groups in total. The lowest BCUT2D eigenvalue weighted by Gasteiger charge is -2.33. The average molecular weight is 211 g/mol. The van der Waals surface area contributed by atoms with Crippen LogP contribution in [0.25, 0.3) is 0 Å². The van der Waals surface area contributed by atoms with E-state index in [-0.39, 0.29) is 6.42 Å². The van der Waals surface area contributed by atoms with Crippen LogP contribution in [0.3, 0.4) is 0 Å². The molecule has 1 atom stereocenters. The van der Waals surface area contributed by atoms with Crippen molar-refractivity contribution in [3.8, 4) is 0 Å². The zero-order valence-corrected chi connectivity index (χ0v) is 9.57. The quantitative estimate of drug-likeness (QED) is 0.825. The molecule has 4 nitrogen and oxygen atoms in total. The van der Waals surface area contributed by atoms with Crippen molar-refractivity contribution in [2.45, 2.75) is 25.8 Å². The van der Waals surface area contributed by atoms with Crippen LogP contribution in [0, 0.1) is 6.92 Å². The van der Waals surface area contributed by atoms with Gasteiger partial charge in [0.05, 0.1) is 12.0 Å². The lowest BCUT2D eigenvalue weighted by molar-refractivity contribution is -0.140. The number of rotatable bonds is 4. The number of aryl methyl sites for hydroxylation is 1. The molecular weight excluding hydrogens is 194 g/mol. The molecule has 4 heteroatoms. The fourth-order valence-electron chi connectivity index (χ4n) is 1.48. The van der Waals surface area contributed by atoms with Gasteiger partial charge in [-0.25, -0.2) is 0 Å². The predicted octanol–water partition coefficient (Wildman–Crippen LogP) is 1.84. The highest BCUT2D eigenvalue weighted by Gasteiger charge is 2.34. The molecule has 1 unspecified atom stereocenters. The monoisotopic (exact) mass is 211 g/mol. The molecule has 0 aliphatic rings. The van der Waals surface area contributed by atoms with Crippen molar-refractivity contribution in [2.24, 2.45) is 0 Å². The molecule has 1 rings (SSSR count). The Hall–Kier alpha value is -1.29. The number of carboxylic acid groups (broad SMARTS) is 1. The molecule has 0 aromatic carbocycles. The van der Waals surface area contributed by atoms with E-state index in [2.05, 4.69) is 0 Å². The third-order valence-corrected chi connectivity index (χ3v) is 2.75. The van der Waals surface area contributed by atoms with Crippen molar-refractivity contribution < 1.29 is 14.3 Å². The maximum absolute atomic E-state index is 10.8. The Kier molecular flexibility index (Phi) is 3.19. The van der Waals surface area contributed by atoms with E-state index in [1.54, 1.807) is 0 Å². The summed E-state index contributed by atoms with van der Waals surface area (Å²) in [7, 11) is 3.70. The lowest BCUT2D eigenvalue weighted by atomic mass is 9.93. The second-order valence-electron chi connectivity index (χ2n) is 4.15. The Morgan fingerprint density at radius 3 is 2.47 bits per heavy atom. The third-order valence-electron chi connectivity index (χ3n) is 2.75. The van der Waals surface area contributed by atoms with Gasteiger partial charge < -0.3 is 9.52 Å². The zero-order chi connectivity index (χ0) is 11.6. The first-order valence-electron chi connectivity index (χ1n) is 4.82. The minimum absolute atomic E-state index is 0.0208. The predicted molar refractivity (Wildman–Crippen MR) is 56.7 cm³/mol. The number of nitrogens with zero attached hydrogens (tertiary/aromatic N) is 1. The van der Waals surface area contributed by atoms with Gasteiger partial charge in [-0.2, -0.15) is 0 Å². The molecule has 0 fully saturated rings. The van der Waals surface area contributed by atoms with Gasteiger partial charge in [0.15, 0.2) is 0 Å². The normalized spacial score (nSPS) is 15.3. The smallest absolute Gasteiger partial charge is 0.305 e. The van der Waals surface area contributed by atoms with Gasteiger partial charge in [-0.1, -0.05) is 0 Å². The fraction of sp³-hybridized carbons (Fsp3) is 0.545. The lowest BCUT2D eigenvalue weighted by Crippen LogP contribution is -2.40. The first-order chi connectivity index (χ1) is 6.86. The van der Waals surface area contributed by atoms with Crippen LogP contribution in [0.2, 0.25) is 0 Å². The topological polar surface area (TPSA) is 53.7 Å². The van der Waals surface area contributed by atoms with Crippen molar-refractivity contribution in [3.05, 3.63) is 23.7 Å². The Bertz CT molecular complexity index is 356. The van der Waals surface area contributed by atoms with Crippen molar-refractivity contribution in [2.75, 3.05) is 14.1 Å². The molecule has 84 valence electrons. The van der Waals surface area contributed by atoms with E-state index < -0.39 is 11.5 Å². The molecule has 0 aliphatic heterocycles. The Morgan fingerprint density at radius 2 is 2.13 bits per heavy atom. The van der Waals surface area contributed by atoms with Crippen LogP contribution in [-0.2, 0) is 10.3 Å². The molecule has 15 heavy (non-hydrogen) atoms. The minimum atomic E-state index is -0.833. The molecule has 0 radical (unpaired) electrons. The average Bonchev–Trinajstić information content (AvgIpc) is 2.50. The summed E-state index contributed by atoms with van der Waals surface area (Å²) in [6, 6.07) is 3.68. The molecule has 0 saturated carbocycles. The second kappa shape index (κ2) is 4.06. The van der Waals surface area contributed by atoms with Crippen LogP contribution < -0.4 is 0 Å². The first kappa shape index (κ1) is 11.8. The summed E-state index contributed by atoms with van der Waals surface area (Å²) in [5.41, 5.74) is -0.597. The molecule has 0 aliphatic carbocycles. The number of furan rings is 1. The van der Waals surface area contributed by atoms with Gasteiger partial charge >= 0.3 is 5.97 Å². The second-order valence-corrected chi connectivity index (χ2v) is 4.15. The van der Waals surface area contributed by atoms with Gasteiger partial charge in [0.2, 0.25) is 0 Å². The fourth-order valence-corrected chi connectivity index (χ4v) is 1.48. The third kappa shape index (κ3) is 2.39. The van der Waals surface area contributed by atoms with Gasteiger partial charge in [0.25, 0.3) is 0 Å². The standard InChI is InChI=1S/C11H17NO3/c1-8-5-6-9(15-8)11(2,12(3)4)7-10(13)14/h5-6H,7H2,1-4H3,(H,13,14). The zero-order valence-electron chi connectivity index (χ0n) is 9.57. The highest BCUT2D eigenvalue weighted by molar-refractivity contribution is 5.68. The van der Waals surface area contributed by atoms with Crippen LogP contribution in [-0.4, -0.2) is 30.1 Å². The summed E-state index contributed by atoms with van der Waals surface area (Å²) in [5.74, 6) is 0.649. The molecule has 0 saturated heterocycles. The molecule has 1 aromatic rings. The van der Waals surface area contributed by atoms with Gasteiger partial charge in [-0.15, -0.1) is 0 Å². The molecule has 0 bridgehead atoms. The van der Waals surface area contributed by atoms with Crippen LogP contribution in [0.1, 0.15) is 24.9 Å². The summed E-state index contributed by atoms with van der Waals surface area (Å²) in [5, 5.41) is 8.90. The van der Waals surface area contributed by atoms with Crippen LogP contribution in [0.15, 0.2) is 16.5 Å². The number of carbonyl (C=O) groups is 1. The van der Waals surface area contributed by atoms with Gasteiger partial charge in [-0.05, 0) is 40.1 Å². The summed E-state index contributed by atoms with van der Waals surface area (Å²) < 4.78 is 5.51. The van der Waals surface area contributed by atoms with E-state index in [0.29, 0.717) is 5.76 Å². The number of hydrogen-bond acceptors (Lipinski definition) is 3. The molecular formula is C11H17NO3. The summed E-state index contributed by atoms with van der Waals surface area (Å²) in [4.78, 5) is 12.7. The van der Waals surface area contributed by atoms with Crippen LogP contribution >= 0.6 is 0 Å². The largest absolute Gasteiger partial charge is 0.481 e. The molecule has 0 amide bonds. The van der Waals surface area contributed by atoms with E-state index in [9.17, 15) is 4.79 Å². The van der Waals surface area contributed by atoms with Gasteiger partial charge in [-0.3, -0.25) is 9.69 Å². The van der Waals surface area contributed by atoms with E-state index in [4.69, 9.17) is 9.52 Å². The van der Waals surface area contributed by atoms with E-state index in [0.717, 1.165) is 5.76 Å². The molecule has 1 aromatic heterocycles. The SMILES string of the molecule is Cc1ccc(C(C)(CC(=O)O)N(C)C)o1. The minimum Gasteiger partial charge on any atom is -0.481 e. The maximum Gasteiger partial charge on any atom is 0.305 e. The van der Waals surface area contributed by atoms with Crippen molar-refractivity contribution in [3.63, 3.8) is 0 Å². The van der Waals surface area contributed by atoms with Gasteiger partial charge in [0, 0.05) is 0 Å². The maximum atomic E-state index is 10.8. The molecule has 1 heterocycles. The van der Waals surface area contributed by atoms with Crippen LogP contribution in [0.4, 0.5) is 0 Å². The van der Waals surface area contributed by atoms with Crippen LogP contribution in [0.5, 0.6) is 0 Å². The number of hydrogen-bond donors (Lipinski definition) is 1. The molecule has 0 spiro atoms. The van der Waals surface area contributed by atoms with Crippen molar-refractivity contribution in [1.29, 1.82) is 0 Å². The van der Waals surface area contributed by atoms with E-state index in [1.165, 1.54) is 0 Å². The van der Waals surface area contributed by atoms with Crippen molar-refractivity contribution >= 4 is 5.97 Å². The Balaban J connectivity index is 3.06. The summed E-state index contributed by atoms with van der Waals surface area (Å²) >= 11 is 0. The highest BCUT2D eigenvalue weighted by Crippen LogP contribution is 2.31. The summed E-state index contributed by atoms with van der Waals surface area (Å²) in [6.45, 7) is 3.71. The highest BCUT2D eigenvalue weighted by atomic mass is 16.4. The van der Waals surface area contributed by atoms with Crippen molar-refractivity contribution in [1.82, 2.24) is 4.90 Å². The van der Waals surface area contributed by atoms with E-state index in [1.807, 2.05) is 45.0 Å². The Morgan fingerprint density at radius 1 is 1.53 bits per heavy atom.